The summed E-state index contributed by atoms with van der Waals surface area (Å²) in [4.78, 5) is 21.1. The van der Waals surface area contributed by atoms with Crippen molar-refractivity contribution in [3.05, 3.63) is 58.7 Å². The van der Waals surface area contributed by atoms with Crippen LogP contribution in [0.15, 0.2) is 51.1 Å². The third-order valence-electron chi connectivity index (χ3n) is 5.43. The van der Waals surface area contributed by atoms with Crippen LogP contribution in [0.5, 0.6) is 0 Å². The summed E-state index contributed by atoms with van der Waals surface area (Å²) >= 11 is 0. The van der Waals surface area contributed by atoms with Crippen molar-refractivity contribution in [3.63, 3.8) is 0 Å². The van der Waals surface area contributed by atoms with Crippen LogP contribution in [0.2, 0.25) is 0 Å². The fourth-order valence-electron chi connectivity index (χ4n) is 3.82. The van der Waals surface area contributed by atoms with Gasteiger partial charge in [0.2, 0.25) is 10.0 Å². The van der Waals surface area contributed by atoms with Crippen LogP contribution in [0.1, 0.15) is 24.3 Å². The van der Waals surface area contributed by atoms with Crippen LogP contribution in [-0.2, 0) is 16.6 Å². The number of aryl methyl sites for hydroxylation is 2. The van der Waals surface area contributed by atoms with Gasteiger partial charge in [-0.25, -0.2) is 13.4 Å². The molecule has 10 heteroatoms. The average Bonchev–Trinajstić information content (AvgIpc) is 3.09. The Kier molecular flexibility index (Phi) is 5.52. The van der Waals surface area contributed by atoms with E-state index < -0.39 is 10.0 Å². The van der Waals surface area contributed by atoms with E-state index in [1.807, 2.05) is 6.07 Å². The fraction of sp³-hybridized carbons (Fsp3) is 0.400. The molecular formula is C20H23N5O4S. The second-order valence-corrected chi connectivity index (χ2v) is 9.38. The highest BCUT2D eigenvalue weighted by Crippen LogP contribution is 2.28. The maximum absolute atomic E-state index is 12.9. The van der Waals surface area contributed by atoms with E-state index in [9.17, 15) is 13.2 Å². The van der Waals surface area contributed by atoms with Crippen LogP contribution in [0.4, 0.5) is 0 Å². The molecule has 4 rings (SSSR count). The Balaban J connectivity index is 1.42. The molecular weight excluding hydrogens is 406 g/mol. The molecule has 0 aliphatic carbocycles. The zero-order valence-electron chi connectivity index (χ0n) is 16.9. The van der Waals surface area contributed by atoms with Gasteiger partial charge in [0.15, 0.2) is 5.76 Å². The first-order valence-electron chi connectivity index (χ1n) is 9.76. The normalized spacial score (nSPS) is 16.1. The summed E-state index contributed by atoms with van der Waals surface area (Å²) in [5.74, 6) is 0.505. The second kappa shape index (κ2) is 8.11. The van der Waals surface area contributed by atoms with Crippen LogP contribution in [0.25, 0.3) is 11.3 Å². The number of piperidine rings is 1. The van der Waals surface area contributed by atoms with Gasteiger partial charge in [-0.05, 0) is 44.7 Å². The first-order chi connectivity index (χ1) is 14.4. The summed E-state index contributed by atoms with van der Waals surface area (Å²) in [6.07, 6.45) is 6.22. The van der Waals surface area contributed by atoms with Gasteiger partial charge in [-0.2, -0.15) is 4.31 Å². The molecule has 0 amide bonds. The van der Waals surface area contributed by atoms with Crippen molar-refractivity contribution in [1.82, 2.24) is 24.0 Å². The lowest BCUT2D eigenvalue weighted by atomic mass is 9.98. The van der Waals surface area contributed by atoms with Crippen LogP contribution in [0, 0.1) is 19.8 Å². The molecule has 4 heterocycles. The molecule has 3 aromatic heterocycles. The SMILES string of the molecule is Cc1noc(C)c1S(=O)(=O)N1CCC(Cn2cnc(-c3cccnc3)cc2=O)CC1. The standard InChI is InChI=1S/C20H23N5O4S/c1-14-20(15(2)29-23-14)30(27,28)25-8-5-16(6-9-25)12-24-13-22-18(10-19(24)26)17-4-3-7-21-11-17/h3-4,7,10-11,13,16H,5-6,8-9,12H2,1-2H3. The van der Waals surface area contributed by atoms with Crippen molar-refractivity contribution >= 4 is 10.0 Å². The summed E-state index contributed by atoms with van der Waals surface area (Å²) in [6.45, 7) is 4.54. The van der Waals surface area contributed by atoms with Crippen molar-refractivity contribution in [2.24, 2.45) is 5.92 Å². The molecule has 158 valence electrons. The van der Waals surface area contributed by atoms with Gasteiger partial charge in [-0.3, -0.25) is 14.3 Å². The Morgan fingerprint density at radius 2 is 2.00 bits per heavy atom. The Morgan fingerprint density at radius 3 is 2.60 bits per heavy atom. The first kappa shape index (κ1) is 20.4. The molecule has 1 aliphatic rings. The minimum Gasteiger partial charge on any atom is -0.360 e. The van der Waals surface area contributed by atoms with Gasteiger partial charge < -0.3 is 4.52 Å². The Morgan fingerprint density at radius 1 is 1.23 bits per heavy atom. The van der Waals surface area contributed by atoms with E-state index in [-0.39, 0.29) is 16.4 Å². The van der Waals surface area contributed by atoms with Gasteiger partial charge in [0.1, 0.15) is 10.6 Å². The lowest BCUT2D eigenvalue weighted by Crippen LogP contribution is -2.40. The minimum absolute atomic E-state index is 0.130. The summed E-state index contributed by atoms with van der Waals surface area (Å²) in [5, 5.41) is 3.76. The van der Waals surface area contributed by atoms with Gasteiger partial charge in [0.05, 0.1) is 12.0 Å². The maximum Gasteiger partial charge on any atom is 0.253 e. The fourth-order valence-corrected chi connectivity index (χ4v) is 5.58. The lowest BCUT2D eigenvalue weighted by Gasteiger charge is -2.31. The quantitative estimate of drug-likeness (QED) is 0.610. The molecule has 0 radical (unpaired) electrons. The Labute approximate surface area is 174 Å². The molecule has 1 fully saturated rings. The number of hydrogen-bond donors (Lipinski definition) is 0. The molecule has 0 atom stereocenters. The van der Waals surface area contributed by atoms with Gasteiger partial charge >= 0.3 is 0 Å². The summed E-state index contributed by atoms with van der Waals surface area (Å²) in [6, 6.07) is 5.16. The molecule has 0 N–H and O–H groups in total. The van der Waals surface area contributed by atoms with E-state index >= 15 is 0 Å². The second-order valence-electron chi connectivity index (χ2n) is 7.51. The Bertz CT molecular complexity index is 1180. The van der Waals surface area contributed by atoms with E-state index in [0.717, 1.165) is 5.56 Å². The monoisotopic (exact) mass is 429 g/mol. The van der Waals surface area contributed by atoms with Crippen molar-refractivity contribution in [2.45, 2.75) is 38.1 Å². The van der Waals surface area contributed by atoms with E-state index in [2.05, 4.69) is 15.1 Å². The van der Waals surface area contributed by atoms with Crippen LogP contribution >= 0.6 is 0 Å². The highest BCUT2D eigenvalue weighted by molar-refractivity contribution is 7.89. The van der Waals surface area contributed by atoms with Crippen LogP contribution in [0.3, 0.4) is 0 Å². The first-order valence-corrected chi connectivity index (χ1v) is 11.2. The molecule has 0 spiro atoms. The van der Waals surface area contributed by atoms with Gasteiger partial charge in [-0.15, -0.1) is 0 Å². The number of rotatable bonds is 5. The number of aromatic nitrogens is 4. The molecule has 0 saturated carbocycles. The molecule has 9 nitrogen and oxygen atoms in total. The zero-order chi connectivity index (χ0) is 21.3. The van der Waals surface area contributed by atoms with Gasteiger partial charge in [0.25, 0.3) is 5.56 Å². The largest absolute Gasteiger partial charge is 0.360 e. The average molecular weight is 430 g/mol. The lowest BCUT2D eigenvalue weighted by molar-refractivity contribution is 0.250. The summed E-state index contributed by atoms with van der Waals surface area (Å²) in [7, 11) is -3.63. The van der Waals surface area contributed by atoms with E-state index in [4.69, 9.17) is 4.52 Å². The molecule has 0 unspecified atom stereocenters. The van der Waals surface area contributed by atoms with E-state index in [0.29, 0.717) is 49.6 Å². The summed E-state index contributed by atoms with van der Waals surface area (Å²) in [5.41, 5.74) is 1.62. The predicted octanol–water partition coefficient (Wildman–Crippen LogP) is 2.01. The smallest absolute Gasteiger partial charge is 0.253 e. The van der Waals surface area contributed by atoms with Crippen LogP contribution < -0.4 is 5.56 Å². The third-order valence-corrected chi connectivity index (χ3v) is 7.57. The minimum atomic E-state index is -3.63. The number of hydrogen-bond acceptors (Lipinski definition) is 7. The third kappa shape index (κ3) is 3.92. The topological polar surface area (TPSA) is 111 Å². The molecule has 1 aliphatic heterocycles. The Hall–Kier alpha value is -2.85. The van der Waals surface area contributed by atoms with E-state index in [1.54, 1.807) is 43.2 Å². The van der Waals surface area contributed by atoms with Crippen LogP contribution in [-0.4, -0.2) is 45.5 Å². The van der Waals surface area contributed by atoms with Crippen molar-refractivity contribution in [1.29, 1.82) is 0 Å². The van der Waals surface area contributed by atoms with Gasteiger partial charge in [0, 0.05) is 43.7 Å². The molecule has 0 bridgehead atoms. The van der Waals surface area contributed by atoms with Crippen molar-refractivity contribution in [3.8, 4) is 11.3 Å². The molecule has 1 saturated heterocycles. The summed E-state index contributed by atoms with van der Waals surface area (Å²) < 4.78 is 34.0. The van der Waals surface area contributed by atoms with E-state index in [1.165, 1.54) is 10.4 Å². The molecule has 0 aromatic carbocycles. The maximum atomic E-state index is 12.9. The molecule has 3 aromatic rings. The number of sulfonamides is 1. The van der Waals surface area contributed by atoms with Gasteiger partial charge in [-0.1, -0.05) is 5.16 Å². The zero-order valence-corrected chi connectivity index (χ0v) is 17.7. The molecule has 30 heavy (non-hydrogen) atoms. The highest BCUT2D eigenvalue weighted by atomic mass is 32.2. The highest BCUT2D eigenvalue weighted by Gasteiger charge is 2.33. The van der Waals surface area contributed by atoms with Crippen molar-refractivity contribution < 1.29 is 12.9 Å². The predicted molar refractivity (Wildman–Crippen MR) is 109 cm³/mol. The number of pyridine rings is 1. The van der Waals surface area contributed by atoms with Crippen molar-refractivity contribution in [2.75, 3.05) is 13.1 Å². The number of nitrogens with zero attached hydrogens (tertiary/aromatic N) is 5.